The van der Waals surface area contributed by atoms with E-state index in [0.717, 1.165) is 16.7 Å². The van der Waals surface area contributed by atoms with Gasteiger partial charge >= 0.3 is 5.97 Å². The summed E-state index contributed by atoms with van der Waals surface area (Å²) in [6.45, 7) is -0.421. The summed E-state index contributed by atoms with van der Waals surface area (Å²) in [5.41, 5.74) is 1.24. The van der Waals surface area contributed by atoms with E-state index in [4.69, 9.17) is 9.84 Å². The molecule has 0 atom stereocenters. The van der Waals surface area contributed by atoms with E-state index < -0.39 is 12.6 Å². The highest BCUT2D eigenvalue weighted by Gasteiger charge is 2.36. The third-order valence-corrected chi connectivity index (χ3v) is 4.22. The number of carboxylic acid groups (broad SMARTS) is 1. The van der Waals surface area contributed by atoms with Crippen molar-refractivity contribution in [1.29, 1.82) is 0 Å². The van der Waals surface area contributed by atoms with E-state index in [1.165, 1.54) is 0 Å². The minimum absolute atomic E-state index is 0.327. The largest absolute Gasteiger partial charge is 0.482 e. The van der Waals surface area contributed by atoms with Crippen LogP contribution in [0.1, 0.15) is 5.56 Å². The first-order valence-electron chi connectivity index (χ1n) is 7.32. The molecule has 1 N–H and O–H groups in total. The number of benzene rings is 2. The average molecular weight is 355 g/mol. The number of carboxylic acids is 1. The molecule has 3 rings (SSSR count). The van der Waals surface area contributed by atoms with Crippen LogP contribution in [0.2, 0.25) is 0 Å². The van der Waals surface area contributed by atoms with E-state index in [9.17, 15) is 14.4 Å². The predicted octanol–water partition coefficient (Wildman–Crippen LogP) is 3.39. The van der Waals surface area contributed by atoms with Crippen molar-refractivity contribution in [2.75, 3.05) is 11.5 Å². The van der Waals surface area contributed by atoms with Gasteiger partial charge in [0, 0.05) is 0 Å². The second-order valence-electron chi connectivity index (χ2n) is 5.10. The van der Waals surface area contributed by atoms with Gasteiger partial charge in [0.2, 0.25) is 0 Å². The van der Waals surface area contributed by atoms with Crippen molar-refractivity contribution in [3.05, 3.63) is 65.1 Å². The summed E-state index contributed by atoms with van der Waals surface area (Å²) in [4.78, 5) is 36.6. The molecular weight excluding hydrogens is 342 g/mol. The van der Waals surface area contributed by atoms with Crippen LogP contribution < -0.4 is 9.64 Å². The number of ether oxygens (including phenoxy) is 1. The minimum atomic E-state index is -1.06. The van der Waals surface area contributed by atoms with Crippen molar-refractivity contribution in [2.24, 2.45) is 0 Å². The average Bonchev–Trinajstić information content (AvgIpc) is 2.88. The number of hydrogen-bond acceptors (Lipinski definition) is 5. The van der Waals surface area contributed by atoms with E-state index in [0.29, 0.717) is 21.9 Å². The van der Waals surface area contributed by atoms with Crippen LogP contribution in [-0.2, 0) is 9.59 Å². The summed E-state index contributed by atoms with van der Waals surface area (Å²) >= 11 is 0.879. The zero-order valence-electron chi connectivity index (χ0n) is 12.9. The quantitative estimate of drug-likeness (QED) is 0.828. The second-order valence-corrected chi connectivity index (χ2v) is 6.10. The summed E-state index contributed by atoms with van der Waals surface area (Å²) in [7, 11) is 0. The maximum Gasteiger partial charge on any atom is 0.341 e. The Labute approximate surface area is 147 Å². The number of nitrogens with zero attached hydrogens (tertiary/aromatic N) is 1. The van der Waals surface area contributed by atoms with Crippen molar-refractivity contribution >= 4 is 40.6 Å². The van der Waals surface area contributed by atoms with E-state index in [-0.39, 0.29) is 11.1 Å². The van der Waals surface area contributed by atoms with Crippen molar-refractivity contribution in [3.63, 3.8) is 0 Å². The molecule has 6 nitrogen and oxygen atoms in total. The standard InChI is InChI=1S/C18H13NO5S/c20-16(21)11-24-14-8-6-12(7-9-14)10-15-17(22)19(18(23)25-15)13-4-2-1-3-5-13/h1-10H,11H2,(H,20,21)/b15-10+. The van der Waals surface area contributed by atoms with E-state index >= 15 is 0 Å². The highest BCUT2D eigenvalue weighted by atomic mass is 32.2. The summed E-state index contributed by atoms with van der Waals surface area (Å²) in [6, 6.07) is 15.3. The fourth-order valence-corrected chi connectivity index (χ4v) is 3.07. The zero-order chi connectivity index (χ0) is 17.8. The van der Waals surface area contributed by atoms with Gasteiger partial charge in [0.1, 0.15) is 5.75 Å². The van der Waals surface area contributed by atoms with Gasteiger partial charge in [-0.15, -0.1) is 0 Å². The maximum absolute atomic E-state index is 12.5. The third kappa shape index (κ3) is 3.89. The number of thioether (sulfide) groups is 1. The number of para-hydroxylation sites is 1. The van der Waals surface area contributed by atoms with Gasteiger partial charge in [-0.25, -0.2) is 9.69 Å². The molecule has 2 aromatic rings. The Morgan fingerprint density at radius 3 is 2.40 bits per heavy atom. The molecule has 1 saturated heterocycles. The molecule has 1 fully saturated rings. The first-order valence-corrected chi connectivity index (χ1v) is 8.14. The zero-order valence-corrected chi connectivity index (χ0v) is 13.7. The number of aliphatic carboxylic acids is 1. The molecule has 1 aliphatic rings. The molecule has 25 heavy (non-hydrogen) atoms. The lowest BCUT2D eigenvalue weighted by Gasteiger charge is -2.11. The Morgan fingerprint density at radius 2 is 1.76 bits per heavy atom. The topological polar surface area (TPSA) is 83.9 Å². The summed E-state index contributed by atoms with van der Waals surface area (Å²) < 4.78 is 5.05. The molecular formula is C18H13NO5S. The molecule has 1 heterocycles. The second kappa shape index (κ2) is 7.23. The summed E-state index contributed by atoms with van der Waals surface area (Å²) in [5, 5.41) is 8.24. The Bertz CT molecular complexity index is 846. The summed E-state index contributed by atoms with van der Waals surface area (Å²) in [6.07, 6.45) is 1.62. The number of rotatable bonds is 5. The van der Waals surface area contributed by atoms with Gasteiger partial charge in [0.15, 0.2) is 6.61 Å². The smallest absolute Gasteiger partial charge is 0.341 e. The van der Waals surface area contributed by atoms with Gasteiger partial charge < -0.3 is 9.84 Å². The van der Waals surface area contributed by atoms with Gasteiger partial charge in [-0.05, 0) is 47.7 Å². The van der Waals surface area contributed by atoms with Gasteiger partial charge in [-0.1, -0.05) is 30.3 Å². The molecule has 0 aromatic heterocycles. The fourth-order valence-electron chi connectivity index (χ4n) is 2.22. The van der Waals surface area contributed by atoms with Crippen LogP contribution in [-0.4, -0.2) is 28.8 Å². The monoisotopic (exact) mass is 355 g/mol. The van der Waals surface area contributed by atoms with Crippen LogP contribution in [0, 0.1) is 0 Å². The van der Waals surface area contributed by atoms with Crippen LogP contribution in [0.25, 0.3) is 6.08 Å². The highest BCUT2D eigenvalue weighted by molar-refractivity contribution is 8.19. The van der Waals surface area contributed by atoms with Crippen molar-refractivity contribution in [2.45, 2.75) is 0 Å². The van der Waals surface area contributed by atoms with Gasteiger partial charge in [0.25, 0.3) is 11.1 Å². The SMILES string of the molecule is O=C(O)COc1ccc(/C=C2/SC(=O)N(c3ccccc3)C2=O)cc1. The van der Waals surface area contributed by atoms with Crippen LogP contribution in [0.3, 0.4) is 0 Å². The highest BCUT2D eigenvalue weighted by Crippen LogP contribution is 2.35. The fraction of sp³-hybridized carbons (Fsp3) is 0.0556. The van der Waals surface area contributed by atoms with Crippen LogP contribution in [0.4, 0.5) is 10.5 Å². The van der Waals surface area contributed by atoms with Crippen LogP contribution in [0.5, 0.6) is 5.75 Å². The molecule has 0 saturated carbocycles. The van der Waals surface area contributed by atoms with Crippen molar-refractivity contribution in [1.82, 2.24) is 0 Å². The molecule has 0 spiro atoms. The molecule has 1 aliphatic heterocycles. The molecule has 126 valence electrons. The van der Waals surface area contributed by atoms with Gasteiger partial charge in [0.05, 0.1) is 10.6 Å². The van der Waals surface area contributed by atoms with Gasteiger partial charge in [-0.2, -0.15) is 0 Å². The minimum Gasteiger partial charge on any atom is -0.482 e. The lowest BCUT2D eigenvalue weighted by molar-refractivity contribution is -0.139. The Kier molecular flexibility index (Phi) is 4.85. The van der Waals surface area contributed by atoms with E-state index in [1.807, 2.05) is 6.07 Å². The Balaban J connectivity index is 1.77. The number of carbonyl (C=O) groups excluding carboxylic acids is 2. The number of imide groups is 1. The lowest BCUT2D eigenvalue weighted by atomic mass is 10.2. The predicted molar refractivity (Wildman–Crippen MR) is 94.5 cm³/mol. The van der Waals surface area contributed by atoms with E-state index in [2.05, 4.69) is 0 Å². The van der Waals surface area contributed by atoms with Crippen molar-refractivity contribution in [3.8, 4) is 5.75 Å². The first-order chi connectivity index (χ1) is 12.0. The maximum atomic E-state index is 12.5. The molecule has 2 aromatic carbocycles. The van der Waals surface area contributed by atoms with Gasteiger partial charge in [-0.3, -0.25) is 9.59 Å². The number of anilines is 1. The molecule has 0 bridgehead atoms. The number of hydrogen-bond donors (Lipinski definition) is 1. The third-order valence-electron chi connectivity index (χ3n) is 3.35. The molecule has 0 aliphatic carbocycles. The lowest BCUT2D eigenvalue weighted by Crippen LogP contribution is -2.27. The molecule has 7 heteroatoms. The molecule has 2 amide bonds. The Hall–Kier alpha value is -3.06. The summed E-state index contributed by atoms with van der Waals surface area (Å²) in [5.74, 6) is -1.01. The molecule has 0 radical (unpaired) electrons. The van der Waals surface area contributed by atoms with Crippen LogP contribution in [0.15, 0.2) is 59.5 Å². The van der Waals surface area contributed by atoms with E-state index in [1.54, 1.807) is 54.6 Å². The number of amides is 2. The van der Waals surface area contributed by atoms with Crippen molar-refractivity contribution < 1.29 is 24.2 Å². The Morgan fingerprint density at radius 1 is 1.08 bits per heavy atom. The normalized spacial score (nSPS) is 15.7. The number of carbonyl (C=O) groups is 3. The first kappa shape index (κ1) is 16.8. The van der Waals surface area contributed by atoms with Crippen LogP contribution >= 0.6 is 11.8 Å². The molecule has 0 unspecified atom stereocenters.